The van der Waals surface area contributed by atoms with Crippen LogP contribution in [-0.2, 0) is 23.5 Å². The lowest BCUT2D eigenvalue weighted by Crippen LogP contribution is -2.49. The molecule has 5 nitrogen and oxygen atoms in total. The molecule has 1 fully saturated rings. The Hall–Kier alpha value is -4.41. The lowest BCUT2D eigenvalue weighted by atomic mass is 9.92. The molecule has 0 bridgehead atoms. The molecule has 0 N–H and O–H groups in total. The number of ether oxygens (including phenoxy) is 1. The number of nitrogens with zero attached hydrogens (tertiary/aromatic N) is 2. The Morgan fingerprint density at radius 1 is 0.833 bits per heavy atom. The van der Waals surface area contributed by atoms with Crippen molar-refractivity contribution in [2.45, 2.75) is 43.8 Å². The van der Waals surface area contributed by atoms with Crippen molar-refractivity contribution in [1.82, 2.24) is 9.88 Å². The second-order valence-corrected chi connectivity index (χ2v) is 10.1. The maximum absolute atomic E-state index is 13.5. The van der Waals surface area contributed by atoms with E-state index in [0.717, 1.165) is 10.9 Å². The smallest absolute Gasteiger partial charge is 0.416 e. The van der Waals surface area contributed by atoms with Crippen LogP contribution in [0.4, 0.5) is 26.3 Å². The van der Waals surface area contributed by atoms with Gasteiger partial charge in [0, 0.05) is 42.6 Å². The zero-order valence-corrected chi connectivity index (χ0v) is 22.0. The van der Waals surface area contributed by atoms with Gasteiger partial charge < -0.3 is 9.64 Å². The lowest BCUT2D eigenvalue weighted by Gasteiger charge is -2.39. The molecular weight excluding hydrogens is 562 g/mol. The number of benzene rings is 3. The highest BCUT2D eigenvalue weighted by Crippen LogP contribution is 2.37. The summed E-state index contributed by atoms with van der Waals surface area (Å²) >= 11 is 0. The molecule has 0 spiro atoms. The van der Waals surface area contributed by atoms with Crippen LogP contribution in [0.5, 0.6) is 0 Å². The second kappa shape index (κ2) is 11.5. The predicted octanol–water partition coefficient (Wildman–Crippen LogP) is 7.35. The molecule has 2 unspecified atom stereocenters. The Labute approximate surface area is 236 Å². The van der Waals surface area contributed by atoms with E-state index in [0.29, 0.717) is 17.6 Å². The average Bonchev–Trinajstić information content (AvgIpc) is 2.96. The fraction of sp³-hybridized carbons (Fsp3) is 0.258. The number of carbonyl (C=O) groups excluding carboxylic acids is 2. The van der Waals surface area contributed by atoms with E-state index in [1.165, 1.54) is 11.1 Å². The molecule has 5 rings (SSSR count). The molecule has 11 heteroatoms. The van der Waals surface area contributed by atoms with Crippen molar-refractivity contribution in [3.05, 3.63) is 113 Å². The maximum Gasteiger partial charge on any atom is 0.416 e. The zero-order chi connectivity index (χ0) is 30.1. The normalized spacial score (nSPS) is 17.7. The number of pyridine rings is 1. The third-order valence-electron chi connectivity index (χ3n) is 7.18. The maximum atomic E-state index is 13.5. The number of hydrogen-bond acceptors (Lipinski definition) is 4. The summed E-state index contributed by atoms with van der Waals surface area (Å²) in [5.74, 6) is -1.58. The van der Waals surface area contributed by atoms with Crippen molar-refractivity contribution in [2.75, 3.05) is 6.54 Å². The number of halogens is 6. The number of amides is 1. The number of piperidine rings is 1. The highest BCUT2D eigenvalue weighted by Gasteiger charge is 2.39. The number of fused-ring (bicyclic) bond motifs is 1. The van der Waals surface area contributed by atoms with Crippen molar-refractivity contribution < 1.29 is 40.7 Å². The minimum atomic E-state index is -5.08. The van der Waals surface area contributed by atoms with E-state index in [1.807, 2.05) is 12.1 Å². The number of rotatable bonds is 5. The van der Waals surface area contributed by atoms with Crippen molar-refractivity contribution in [3.8, 4) is 0 Å². The first-order chi connectivity index (χ1) is 19.9. The molecule has 2 atom stereocenters. The molecule has 0 aliphatic carbocycles. The molecule has 218 valence electrons. The average molecular weight is 587 g/mol. The van der Waals surface area contributed by atoms with Crippen molar-refractivity contribution >= 4 is 22.8 Å². The molecule has 0 radical (unpaired) electrons. The first kappa shape index (κ1) is 29.1. The summed E-state index contributed by atoms with van der Waals surface area (Å²) in [5.41, 5.74) is -2.11. The number of likely N-dealkylation sites (tertiary alicyclic amines) is 1. The largest absolute Gasteiger partial charge is 0.459 e. The number of alkyl halides is 6. The summed E-state index contributed by atoms with van der Waals surface area (Å²) in [6.45, 7) is -0.0398. The number of carbonyl (C=O) groups is 2. The number of hydrogen-bond donors (Lipinski definition) is 0. The molecule has 1 aliphatic rings. The summed E-state index contributed by atoms with van der Waals surface area (Å²) < 4.78 is 86.5. The number of esters is 1. The third kappa shape index (κ3) is 6.56. The topological polar surface area (TPSA) is 59.5 Å². The minimum Gasteiger partial charge on any atom is -0.459 e. The Morgan fingerprint density at radius 2 is 1.48 bits per heavy atom. The van der Waals surface area contributed by atoms with Gasteiger partial charge in [-0.25, -0.2) is 4.79 Å². The van der Waals surface area contributed by atoms with Crippen LogP contribution in [-0.4, -0.2) is 40.5 Å². The summed E-state index contributed by atoms with van der Waals surface area (Å²) in [6.07, 6.45) is -8.88. The van der Waals surface area contributed by atoms with Crippen LogP contribution in [0.25, 0.3) is 10.9 Å². The van der Waals surface area contributed by atoms with Gasteiger partial charge in [-0.3, -0.25) is 9.78 Å². The highest BCUT2D eigenvalue weighted by atomic mass is 19.4. The van der Waals surface area contributed by atoms with E-state index in [1.54, 1.807) is 48.5 Å². The predicted molar refractivity (Wildman–Crippen MR) is 142 cm³/mol. The van der Waals surface area contributed by atoms with Crippen molar-refractivity contribution in [1.29, 1.82) is 0 Å². The van der Waals surface area contributed by atoms with Crippen molar-refractivity contribution in [2.24, 2.45) is 0 Å². The summed E-state index contributed by atoms with van der Waals surface area (Å²) in [4.78, 5) is 32.0. The van der Waals surface area contributed by atoms with E-state index >= 15 is 0 Å². The molecule has 0 saturated carbocycles. The third-order valence-corrected chi connectivity index (χ3v) is 7.18. The van der Waals surface area contributed by atoms with Crippen LogP contribution < -0.4 is 0 Å². The number of aromatic nitrogens is 1. The summed E-state index contributed by atoms with van der Waals surface area (Å²) in [7, 11) is 0. The standard InChI is InChI=1S/C31H24F6N2O3/c32-30(33,34)23-14-21(15-24(16-23)31(35,36)37)28(40)39-11-10-26(17-25(39)12-19-6-2-1-3-7-19)42-29(41)22-13-20-8-4-5-9-27(20)38-18-22/h1-9,13-16,18,25-26H,10-12,17H2. The van der Waals surface area contributed by atoms with Crippen LogP contribution in [0.15, 0.2) is 85.1 Å². The zero-order valence-electron chi connectivity index (χ0n) is 22.0. The Kier molecular flexibility index (Phi) is 7.94. The van der Waals surface area contributed by atoms with Crippen LogP contribution >= 0.6 is 0 Å². The van der Waals surface area contributed by atoms with Gasteiger partial charge in [0.05, 0.1) is 22.2 Å². The van der Waals surface area contributed by atoms with Gasteiger partial charge in [-0.1, -0.05) is 48.5 Å². The van der Waals surface area contributed by atoms with Gasteiger partial charge in [-0.2, -0.15) is 26.3 Å². The van der Waals surface area contributed by atoms with Gasteiger partial charge in [0.2, 0.25) is 0 Å². The Balaban J connectivity index is 1.41. The molecule has 1 amide bonds. The van der Waals surface area contributed by atoms with Gasteiger partial charge in [-0.05, 0) is 42.3 Å². The summed E-state index contributed by atoms with van der Waals surface area (Å²) in [6, 6.07) is 18.0. The Bertz CT molecular complexity index is 1570. The van der Waals surface area contributed by atoms with Crippen LogP contribution in [0.3, 0.4) is 0 Å². The first-order valence-corrected chi connectivity index (χ1v) is 13.1. The quantitative estimate of drug-likeness (QED) is 0.181. The number of para-hydroxylation sites is 1. The molecule has 1 saturated heterocycles. The molecular formula is C31H24F6N2O3. The lowest BCUT2D eigenvalue weighted by molar-refractivity contribution is -0.143. The second-order valence-electron chi connectivity index (χ2n) is 10.1. The van der Waals surface area contributed by atoms with E-state index in [9.17, 15) is 35.9 Å². The van der Waals surface area contributed by atoms with E-state index in [2.05, 4.69) is 4.98 Å². The van der Waals surface area contributed by atoms with Gasteiger partial charge in [0.1, 0.15) is 6.10 Å². The fourth-order valence-electron chi connectivity index (χ4n) is 5.11. The van der Waals surface area contributed by atoms with E-state index in [-0.39, 0.29) is 37.4 Å². The molecule has 1 aromatic heterocycles. The van der Waals surface area contributed by atoms with Gasteiger partial charge >= 0.3 is 18.3 Å². The SMILES string of the molecule is O=C(OC1CCN(C(=O)c2cc(C(F)(F)F)cc(C(F)(F)F)c2)C(Cc2ccccc2)C1)c1cnc2ccccc2c1. The minimum absolute atomic E-state index is 0.00837. The molecule has 2 heterocycles. The van der Waals surface area contributed by atoms with Crippen LogP contribution in [0.2, 0.25) is 0 Å². The summed E-state index contributed by atoms with van der Waals surface area (Å²) in [5, 5.41) is 0.744. The monoisotopic (exact) mass is 586 g/mol. The first-order valence-electron chi connectivity index (χ1n) is 13.1. The molecule has 1 aliphatic heterocycles. The van der Waals surface area contributed by atoms with Gasteiger partial charge in [-0.15, -0.1) is 0 Å². The van der Waals surface area contributed by atoms with Gasteiger partial charge in [0.25, 0.3) is 5.91 Å². The van der Waals surface area contributed by atoms with E-state index < -0.39 is 53.1 Å². The fourth-order valence-corrected chi connectivity index (χ4v) is 5.11. The van der Waals surface area contributed by atoms with Crippen LogP contribution in [0, 0.1) is 0 Å². The molecule has 4 aromatic rings. The van der Waals surface area contributed by atoms with Gasteiger partial charge in [0.15, 0.2) is 0 Å². The van der Waals surface area contributed by atoms with E-state index in [4.69, 9.17) is 4.74 Å². The van der Waals surface area contributed by atoms with Crippen molar-refractivity contribution in [3.63, 3.8) is 0 Å². The Morgan fingerprint density at radius 3 is 2.14 bits per heavy atom. The molecule has 42 heavy (non-hydrogen) atoms. The molecule has 3 aromatic carbocycles. The van der Waals surface area contributed by atoms with Crippen LogP contribution in [0.1, 0.15) is 50.2 Å². The highest BCUT2D eigenvalue weighted by molar-refractivity contribution is 5.95.